The summed E-state index contributed by atoms with van der Waals surface area (Å²) in [5, 5.41) is 11.5. The fraction of sp³-hybridized carbons (Fsp3) is 0.455. The number of aliphatic hydroxyl groups excluding tert-OH is 1. The van der Waals surface area contributed by atoms with Gasteiger partial charge in [0.15, 0.2) is 11.6 Å². The third kappa shape index (κ3) is 4.68. The maximum atomic E-state index is 12.2. The van der Waals surface area contributed by atoms with Gasteiger partial charge in [-0.1, -0.05) is 34.9 Å². The van der Waals surface area contributed by atoms with Gasteiger partial charge in [0.2, 0.25) is 0 Å². The lowest BCUT2D eigenvalue weighted by Crippen LogP contribution is -2.26. The number of rotatable bonds is 6. The van der Waals surface area contributed by atoms with Crippen molar-refractivity contribution in [1.29, 1.82) is 0 Å². The van der Waals surface area contributed by atoms with Crippen LogP contribution in [0.3, 0.4) is 0 Å². The van der Waals surface area contributed by atoms with E-state index in [1.165, 1.54) is 5.57 Å². The summed E-state index contributed by atoms with van der Waals surface area (Å²) >= 11 is 13.0. The Morgan fingerprint density at radius 3 is 2.39 bits per heavy atom. The van der Waals surface area contributed by atoms with E-state index in [0.29, 0.717) is 34.6 Å². The van der Waals surface area contributed by atoms with Gasteiger partial charge in [-0.3, -0.25) is 14.5 Å². The average Bonchev–Trinajstić information content (AvgIpc) is 3.45. The molecule has 0 amide bonds. The summed E-state index contributed by atoms with van der Waals surface area (Å²) < 4.78 is 0. The molecule has 2 fully saturated rings. The molecular weight excluding hydrogens is 397 g/mol. The van der Waals surface area contributed by atoms with Gasteiger partial charge in [0.1, 0.15) is 11.3 Å². The highest BCUT2D eigenvalue weighted by atomic mass is 35.5. The number of benzene rings is 1. The largest absolute Gasteiger partial charge is 0.506 e. The SMILES string of the molecule is CC(C)=CCN(Cc1c(Cl)ccc(C(O)=C2C(=O)CCCC2=O)c1Cl)C1CC1. The number of nitrogens with zero attached hydrogens (tertiary/aromatic N) is 1. The molecule has 0 unspecified atom stereocenters. The summed E-state index contributed by atoms with van der Waals surface area (Å²) in [6.45, 7) is 5.47. The van der Waals surface area contributed by atoms with Gasteiger partial charge in [0.25, 0.3) is 0 Å². The number of carbonyl (C=O) groups is 2. The van der Waals surface area contributed by atoms with Crippen LogP contribution in [0.1, 0.15) is 57.1 Å². The van der Waals surface area contributed by atoms with Gasteiger partial charge in [0.05, 0.1) is 5.02 Å². The van der Waals surface area contributed by atoms with Crippen LogP contribution in [0.25, 0.3) is 5.76 Å². The molecule has 0 aliphatic heterocycles. The monoisotopic (exact) mass is 421 g/mol. The molecule has 150 valence electrons. The van der Waals surface area contributed by atoms with Crippen molar-refractivity contribution in [3.63, 3.8) is 0 Å². The van der Waals surface area contributed by atoms with E-state index in [-0.39, 0.29) is 41.3 Å². The summed E-state index contributed by atoms with van der Waals surface area (Å²) in [6, 6.07) is 3.74. The Labute approximate surface area is 175 Å². The molecule has 1 aromatic carbocycles. The van der Waals surface area contributed by atoms with Gasteiger partial charge in [-0.25, -0.2) is 0 Å². The highest BCUT2D eigenvalue weighted by Crippen LogP contribution is 2.37. The Hall–Kier alpha value is -1.62. The number of Topliss-reactive ketones (excluding diaryl/α,β-unsaturated/α-hetero) is 2. The van der Waals surface area contributed by atoms with Crippen LogP contribution >= 0.6 is 23.2 Å². The van der Waals surface area contributed by atoms with E-state index in [2.05, 4.69) is 24.8 Å². The Bertz CT molecular complexity index is 847. The Kier molecular flexibility index (Phi) is 6.64. The molecule has 0 saturated heterocycles. The second kappa shape index (κ2) is 8.81. The van der Waals surface area contributed by atoms with E-state index in [4.69, 9.17) is 23.2 Å². The highest BCUT2D eigenvalue weighted by molar-refractivity contribution is 6.37. The summed E-state index contributed by atoms with van der Waals surface area (Å²) in [7, 11) is 0. The fourth-order valence-electron chi connectivity index (χ4n) is 3.42. The van der Waals surface area contributed by atoms with Gasteiger partial charge in [-0.2, -0.15) is 0 Å². The third-order valence-corrected chi connectivity index (χ3v) is 5.99. The van der Waals surface area contributed by atoms with Gasteiger partial charge < -0.3 is 5.11 Å². The van der Waals surface area contributed by atoms with Crippen molar-refractivity contribution in [1.82, 2.24) is 4.90 Å². The molecule has 0 spiro atoms. The van der Waals surface area contributed by atoms with E-state index >= 15 is 0 Å². The quantitative estimate of drug-likeness (QED) is 0.284. The molecule has 2 aliphatic carbocycles. The van der Waals surface area contributed by atoms with Crippen LogP contribution in [0, 0.1) is 0 Å². The van der Waals surface area contributed by atoms with Crippen LogP contribution in [-0.2, 0) is 16.1 Å². The van der Waals surface area contributed by atoms with E-state index in [0.717, 1.165) is 19.4 Å². The first-order chi connectivity index (χ1) is 13.3. The maximum Gasteiger partial charge on any atom is 0.170 e. The lowest BCUT2D eigenvalue weighted by Gasteiger charge is -2.23. The molecule has 0 atom stereocenters. The average molecular weight is 422 g/mol. The van der Waals surface area contributed by atoms with Crippen LogP contribution in [0.2, 0.25) is 10.0 Å². The Balaban J connectivity index is 1.97. The van der Waals surface area contributed by atoms with Crippen molar-refractivity contribution >= 4 is 40.5 Å². The second-order valence-electron chi connectivity index (χ2n) is 7.75. The zero-order valence-corrected chi connectivity index (χ0v) is 17.7. The minimum Gasteiger partial charge on any atom is -0.506 e. The summed E-state index contributed by atoms with van der Waals surface area (Å²) in [4.78, 5) is 26.7. The number of carbonyl (C=O) groups excluding carboxylic acids is 2. The number of allylic oxidation sites excluding steroid dienone is 2. The first kappa shape index (κ1) is 21.1. The predicted molar refractivity (Wildman–Crippen MR) is 113 cm³/mol. The fourth-order valence-corrected chi connectivity index (χ4v) is 4.00. The van der Waals surface area contributed by atoms with Crippen LogP contribution in [0.4, 0.5) is 0 Å². The van der Waals surface area contributed by atoms with E-state index in [9.17, 15) is 14.7 Å². The van der Waals surface area contributed by atoms with Crippen molar-refractivity contribution in [3.05, 3.63) is 50.5 Å². The number of halogens is 2. The second-order valence-corrected chi connectivity index (χ2v) is 8.54. The maximum absolute atomic E-state index is 12.2. The molecule has 1 aromatic rings. The van der Waals surface area contributed by atoms with Crippen molar-refractivity contribution < 1.29 is 14.7 Å². The summed E-state index contributed by atoms with van der Waals surface area (Å²) in [5.41, 5.74) is 2.11. The van der Waals surface area contributed by atoms with Gasteiger partial charge in [-0.15, -0.1) is 0 Å². The lowest BCUT2D eigenvalue weighted by atomic mass is 9.89. The standard InChI is InChI=1S/C22H25Cl2NO3/c1-13(2)10-11-25(14-6-7-14)12-16-17(23)9-8-15(21(16)24)22(28)20-18(26)4-3-5-19(20)27/h8-10,14,28H,3-7,11-12H2,1-2H3. The molecule has 6 heteroatoms. The molecule has 0 bridgehead atoms. The lowest BCUT2D eigenvalue weighted by molar-refractivity contribution is -0.123. The van der Waals surface area contributed by atoms with Crippen LogP contribution in [-0.4, -0.2) is 34.2 Å². The predicted octanol–water partition coefficient (Wildman–Crippen LogP) is 5.52. The van der Waals surface area contributed by atoms with Crippen LogP contribution in [0.5, 0.6) is 0 Å². The van der Waals surface area contributed by atoms with Crippen molar-refractivity contribution in [3.8, 4) is 0 Å². The number of ketones is 2. The van der Waals surface area contributed by atoms with Gasteiger partial charge >= 0.3 is 0 Å². The molecule has 2 aliphatic rings. The first-order valence-electron chi connectivity index (χ1n) is 9.64. The molecule has 0 heterocycles. The normalized spacial score (nSPS) is 17.2. The van der Waals surface area contributed by atoms with E-state index in [1.807, 2.05) is 0 Å². The summed E-state index contributed by atoms with van der Waals surface area (Å²) in [6.07, 6.45) is 5.51. The molecule has 3 rings (SSSR count). The summed E-state index contributed by atoms with van der Waals surface area (Å²) in [5.74, 6) is -0.992. The zero-order valence-electron chi connectivity index (χ0n) is 16.2. The van der Waals surface area contributed by atoms with Gasteiger partial charge in [0, 0.05) is 48.1 Å². The number of hydrogen-bond donors (Lipinski definition) is 1. The van der Waals surface area contributed by atoms with Crippen molar-refractivity contribution in [2.75, 3.05) is 6.54 Å². The molecule has 0 radical (unpaired) electrons. The number of aliphatic hydroxyl groups is 1. The topological polar surface area (TPSA) is 57.6 Å². The minimum atomic E-state index is -0.333. The van der Waals surface area contributed by atoms with Crippen LogP contribution in [0.15, 0.2) is 29.4 Å². The Morgan fingerprint density at radius 1 is 1.18 bits per heavy atom. The smallest absolute Gasteiger partial charge is 0.170 e. The van der Waals surface area contributed by atoms with Crippen molar-refractivity contribution in [2.45, 2.75) is 58.5 Å². The minimum absolute atomic E-state index is 0.134. The van der Waals surface area contributed by atoms with E-state index in [1.54, 1.807) is 12.1 Å². The number of hydrogen-bond acceptors (Lipinski definition) is 4. The molecule has 0 aromatic heterocycles. The molecular formula is C22H25Cl2NO3. The molecule has 1 N–H and O–H groups in total. The molecule has 28 heavy (non-hydrogen) atoms. The highest BCUT2D eigenvalue weighted by Gasteiger charge is 2.31. The van der Waals surface area contributed by atoms with Gasteiger partial charge in [-0.05, 0) is 45.2 Å². The van der Waals surface area contributed by atoms with Crippen LogP contribution < -0.4 is 0 Å². The zero-order chi connectivity index (χ0) is 20.4. The molecule has 2 saturated carbocycles. The Morgan fingerprint density at radius 2 is 1.82 bits per heavy atom. The van der Waals surface area contributed by atoms with Crippen molar-refractivity contribution in [2.24, 2.45) is 0 Å². The third-order valence-electron chi connectivity index (χ3n) is 5.20. The molecule has 4 nitrogen and oxygen atoms in total. The first-order valence-corrected chi connectivity index (χ1v) is 10.4. The van der Waals surface area contributed by atoms with E-state index < -0.39 is 0 Å².